The Hall–Kier alpha value is -1.45. The van der Waals surface area contributed by atoms with Gasteiger partial charge in [-0.15, -0.1) is 0 Å². The van der Waals surface area contributed by atoms with Gasteiger partial charge < -0.3 is 4.90 Å². The van der Waals surface area contributed by atoms with Crippen LogP contribution in [0, 0.1) is 23.5 Å². The van der Waals surface area contributed by atoms with Crippen molar-refractivity contribution in [3.05, 3.63) is 35.4 Å². The van der Waals surface area contributed by atoms with Crippen molar-refractivity contribution in [3.63, 3.8) is 0 Å². The zero-order chi connectivity index (χ0) is 14.8. The second-order valence-electron chi connectivity index (χ2n) is 6.35. The summed E-state index contributed by atoms with van der Waals surface area (Å²) in [5.41, 5.74) is 0.833. The van der Waals surface area contributed by atoms with Crippen LogP contribution in [0.4, 0.5) is 8.78 Å². The number of hydrogen-bond donors (Lipinski definition) is 0. The number of halogens is 2. The predicted octanol–water partition coefficient (Wildman–Crippen LogP) is 3.55. The van der Waals surface area contributed by atoms with Gasteiger partial charge in [0.15, 0.2) is 11.6 Å². The van der Waals surface area contributed by atoms with Crippen molar-refractivity contribution in [3.8, 4) is 0 Å². The molecule has 1 aromatic carbocycles. The fourth-order valence-electron chi connectivity index (χ4n) is 3.16. The van der Waals surface area contributed by atoms with E-state index in [1.54, 1.807) is 6.07 Å². The van der Waals surface area contributed by atoms with E-state index in [1.807, 2.05) is 4.90 Å². The number of nitrogens with zero attached hydrogens (tertiary/aromatic N) is 1. The van der Waals surface area contributed by atoms with Crippen molar-refractivity contribution >= 4 is 5.91 Å². The standard InChI is InChI=1S/C17H21F2NO/c18-15-8-5-12(10-16(15)19)3-4-13-2-1-9-20(11-13)17(21)14-6-7-14/h5,8,10,13-14H,1-4,6-7,9,11H2. The molecule has 21 heavy (non-hydrogen) atoms. The number of hydrogen-bond acceptors (Lipinski definition) is 1. The summed E-state index contributed by atoms with van der Waals surface area (Å²) in [5, 5.41) is 0. The van der Waals surface area contributed by atoms with E-state index in [0.717, 1.165) is 57.2 Å². The molecule has 2 nitrogen and oxygen atoms in total. The molecular weight excluding hydrogens is 272 g/mol. The van der Waals surface area contributed by atoms with Gasteiger partial charge in [-0.05, 0) is 62.1 Å². The van der Waals surface area contributed by atoms with Crippen molar-refractivity contribution in [1.82, 2.24) is 4.90 Å². The zero-order valence-corrected chi connectivity index (χ0v) is 12.2. The van der Waals surface area contributed by atoms with Crippen molar-refractivity contribution in [2.75, 3.05) is 13.1 Å². The van der Waals surface area contributed by atoms with Crippen LogP contribution < -0.4 is 0 Å². The van der Waals surface area contributed by atoms with E-state index >= 15 is 0 Å². The van der Waals surface area contributed by atoms with E-state index in [0.29, 0.717) is 11.8 Å². The van der Waals surface area contributed by atoms with Crippen molar-refractivity contribution in [2.45, 2.75) is 38.5 Å². The summed E-state index contributed by atoms with van der Waals surface area (Å²) < 4.78 is 26.1. The van der Waals surface area contributed by atoms with Crippen LogP contribution in [0.2, 0.25) is 0 Å². The smallest absolute Gasteiger partial charge is 0.225 e. The number of benzene rings is 1. The molecule has 2 fully saturated rings. The van der Waals surface area contributed by atoms with E-state index in [2.05, 4.69) is 0 Å². The fourth-order valence-corrected chi connectivity index (χ4v) is 3.16. The van der Waals surface area contributed by atoms with Gasteiger partial charge in [0.05, 0.1) is 0 Å². The number of carbonyl (C=O) groups excluding carboxylic acids is 1. The van der Waals surface area contributed by atoms with E-state index < -0.39 is 11.6 Å². The molecule has 0 bridgehead atoms. The molecule has 1 heterocycles. The van der Waals surface area contributed by atoms with Gasteiger partial charge in [0.2, 0.25) is 5.91 Å². The van der Waals surface area contributed by atoms with Gasteiger partial charge in [-0.25, -0.2) is 8.78 Å². The minimum atomic E-state index is -0.794. The molecule has 1 saturated carbocycles. The molecule has 1 aliphatic heterocycles. The first-order valence-electron chi connectivity index (χ1n) is 7.86. The van der Waals surface area contributed by atoms with Gasteiger partial charge in [0, 0.05) is 19.0 Å². The summed E-state index contributed by atoms with van der Waals surface area (Å²) in [5.74, 6) is -0.476. The lowest BCUT2D eigenvalue weighted by Crippen LogP contribution is -2.40. The third-order valence-corrected chi connectivity index (χ3v) is 4.58. The normalized spacial score (nSPS) is 22.4. The van der Waals surface area contributed by atoms with Gasteiger partial charge in [0.25, 0.3) is 0 Å². The number of rotatable bonds is 4. The topological polar surface area (TPSA) is 20.3 Å². The summed E-state index contributed by atoms with van der Waals surface area (Å²) in [4.78, 5) is 14.1. The molecule has 1 unspecified atom stereocenters. The monoisotopic (exact) mass is 293 g/mol. The molecule has 0 radical (unpaired) electrons. The summed E-state index contributed by atoms with van der Waals surface area (Å²) in [6.45, 7) is 1.72. The van der Waals surface area contributed by atoms with E-state index in [9.17, 15) is 13.6 Å². The molecule has 1 aromatic rings. The SMILES string of the molecule is O=C(C1CC1)N1CCCC(CCc2ccc(F)c(F)c2)C1. The molecule has 4 heteroatoms. The van der Waals surface area contributed by atoms with Crippen LogP contribution in [-0.2, 0) is 11.2 Å². The van der Waals surface area contributed by atoms with E-state index in [1.165, 1.54) is 12.1 Å². The van der Waals surface area contributed by atoms with Gasteiger partial charge in [0.1, 0.15) is 0 Å². The van der Waals surface area contributed by atoms with Crippen LogP contribution in [0.3, 0.4) is 0 Å². The molecule has 1 amide bonds. The third-order valence-electron chi connectivity index (χ3n) is 4.58. The maximum Gasteiger partial charge on any atom is 0.225 e. The molecular formula is C17H21F2NO. The Balaban J connectivity index is 1.52. The van der Waals surface area contributed by atoms with Gasteiger partial charge in [-0.2, -0.15) is 0 Å². The molecule has 114 valence electrons. The van der Waals surface area contributed by atoms with Crippen molar-refractivity contribution < 1.29 is 13.6 Å². The lowest BCUT2D eigenvalue weighted by Gasteiger charge is -2.33. The van der Waals surface area contributed by atoms with Crippen LogP contribution in [0.15, 0.2) is 18.2 Å². The minimum Gasteiger partial charge on any atom is -0.342 e. The Kier molecular flexibility index (Phi) is 4.22. The van der Waals surface area contributed by atoms with Crippen LogP contribution in [-0.4, -0.2) is 23.9 Å². The molecule has 3 rings (SSSR count). The highest BCUT2D eigenvalue weighted by Gasteiger charge is 2.35. The fraction of sp³-hybridized carbons (Fsp3) is 0.588. The highest BCUT2D eigenvalue weighted by molar-refractivity contribution is 5.81. The summed E-state index contributed by atoms with van der Waals surface area (Å²) in [6.07, 6.45) is 5.95. The highest BCUT2D eigenvalue weighted by Crippen LogP contribution is 2.33. The Bertz CT molecular complexity index is 528. The van der Waals surface area contributed by atoms with Crippen LogP contribution in [0.1, 0.15) is 37.7 Å². The Labute approximate surface area is 124 Å². The average Bonchev–Trinajstić information content (AvgIpc) is 3.33. The summed E-state index contributed by atoms with van der Waals surface area (Å²) in [6, 6.07) is 4.12. The highest BCUT2D eigenvalue weighted by atomic mass is 19.2. The third kappa shape index (κ3) is 3.60. The summed E-state index contributed by atoms with van der Waals surface area (Å²) >= 11 is 0. The largest absolute Gasteiger partial charge is 0.342 e. The maximum atomic E-state index is 13.2. The number of amides is 1. The first-order valence-corrected chi connectivity index (χ1v) is 7.86. The molecule has 1 aliphatic carbocycles. The van der Waals surface area contributed by atoms with Gasteiger partial charge >= 0.3 is 0 Å². The number of piperidine rings is 1. The van der Waals surface area contributed by atoms with E-state index in [4.69, 9.17) is 0 Å². The minimum absolute atomic E-state index is 0.287. The lowest BCUT2D eigenvalue weighted by atomic mass is 9.91. The van der Waals surface area contributed by atoms with Gasteiger partial charge in [-0.1, -0.05) is 6.07 Å². The van der Waals surface area contributed by atoms with Crippen molar-refractivity contribution in [2.24, 2.45) is 11.8 Å². The molecule has 0 aromatic heterocycles. The molecule has 1 saturated heterocycles. The summed E-state index contributed by atoms with van der Waals surface area (Å²) in [7, 11) is 0. The Morgan fingerprint density at radius 3 is 2.71 bits per heavy atom. The second-order valence-corrected chi connectivity index (χ2v) is 6.35. The Morgan fingerprint density at radius 2 is 2.00 bits per heavy atom. The number of aryl methyl sites for hydroxylation is 1. The molecule has 1 atom stereocenters. The zero-order valence-electron chi connectivity index (χ0n) is 12.2. The van der Waals surface area contributed by atoms with Crippen LogP contribution in [0.25, 0.3) is 0 Å². The molecule has 0 spiro atoms. The predicted molar refractivity (Wildman–Crippen MR) is 76.7 cm³/mol. The van der Waals surface area contributed by atoms with Gasteiger partial charge in [-0.3, -0.25) is 4.79 Å². The van der Waals surface area contributed by atoms with Crippen LogP contribution in [0.5, 0.6) is 0 Å². The average molecular weight is 293 g/mol. The quantitative estimate of drug-likeness (QED) is 0.831. The first kappa shape index (κ1) is 14.5. The second kappa shape index (κ2) is 6.12. The number of carbonyl (C=O) groups is 1. The maximum absolute atomic E-state index is 13.2. The Morgan fingerprint density at radius 1 is 1.19 bits per heavy atom. The molecule has 2 aliphatic rings. The first-order chi connectivity index (χ1) is 10.1. The van der Waals surface area contributed by atoms with Crippen LogP contribution >= 0.6 is 0 Å². The van der Waals surface area contributed by atoms with Crippen molar-refractivity contribution in [1.29, 1.82) is 0 Å². The number of likely N-dealkylation sites (tertiary alicyclic amines) is 1. The lowest BCUT2D eigenvalue weighted by molar-refractivity contribution is -0.134. The van der Waals surface area contributed by atoms with E-state index in [-0.39, 0.29) is 5.92 Å². The molecule has 0 N–H and O–H groups in total.